The van der Waals surface area contributed by atoms with Crippen LogP contribution in [-0.2, 0) is 11.0 Å². The number of nitrogens with two attached hydrogens (primary N) is 1. The van der Waals surface area contributed by atoms with Crippen molar-refractivity contribution >= 4 is 35.1 Å². The lowest BCUT2D eigenvalue weighted by Crippen LogP contribution is -2.20. The summed E-state index contributed by atoms with van der Waals surface area (Å²) in [5, 5.41) is 14.2. The summed E-state index contributed by atoms with van der Waals surface area (Å²) >= 11 is 0. The average molecular weight is 557 g/mol. The van der Waals surface area contributed by atoms with Crippen LogP contribution in [0.5, 0.6) is 11.5 Å². The van der Waals surface area contributed by atoms with Crippen LogP contribution in [0.3, 0.4) is 0 Å². The van der Waals surface area contributed by atoms with Crippen LogP contribution in [0.4, 0.5) is 45.6 Å². The van der Waals surface area contributed by atoms with Gasteiger partial charge in [0.15, 0.2) is 11.6 Å². The first-order chi connectivity index (χ1) is 19.0. The van der Waals surface area contributed by atoms with Crippen LogP contribution in [0.25, 0.3) is 11.5 Å². The lowest BCUT2D eigenvalue weighted by Gasteiger charge is -2.13. The van der Waals surface area contributed by atoms with Crippen molar-refractivity contribution < 1.29 is 36.3 Å². The molecule has 206 valence electrons. The van der Waals surface area contributed by atoms with Crippen molar-refractivity contribution in [2.75, 3.05) is 21.7 Å². The smallest absolute Gasteiger partial charge is 0.416 e. The Morgan fingerprint density at radius 3 is 2.42 bits per heavy atom. The van der Waals surface area contributed by atoms with Crippen LogP contribution in [0.1, 0.15) is 18.4 Å². The molecule has 0 radical (unpaired) electrons. The van der Waals surface area contributed by atoms with E-state index < -0.39 is 23.6 Å². The van der Waals surface area contributed by atoms with E-state index >= 15 is 0 Å². The molecule has 1 saturated carbocycles. The van der Waals surface area contributed by atoms with Crippen LogP contribution in [-0.4, -0.2) is 27.1 Å². The molecule has 5 N–H and O–H groups in total. The molecule has 0 saturated heterocycles. The van der Waals surface area contributed by atoms with E-state index in [1.54, 1.807) is 0 Å². The maximum absolute atomic E-state index is 14.7. The van der Waals surface area contributed by atoms with Gasteiger partial charge in [0.2, 0.25) is 11.8 Å². The van der Waals surface area contributed by atoms with E-state index in [1.165, 1.54) is 36.5 Å². The number of rotatable bonds is 7. The SMILES string of the molecule is Nc1nnc(-c2cc(NC(=O)Nc3ccc(Oc4ccnc(NC(=O)C5CC5)c4)c(F)c3)cc(C(F)(F)F)c2)o1. The fraction of sp³-hybridized carbons (Fsp3) is 0.160. The van der Waals surface area contributed by atoms with Gasteiger partial charge in [0.25, 0.3) is 0 Å². The molecule has 0 atom stereocenters. The Kier molecular flexibility index (Phi) is 6.94. The quantitative estimate of drug-likeness (QED) is 0.212. The van der Waals surface area contributed by atoms with Gasteiger partial charge in [-0.3, -0.25) is 4.79 Å². The van der Waals surface area contributed by atoms with Crippen LogP contribution in [0, 0.1) is 11.7 Å². The van der Waals surface area contributed by atoms with Crippen molar-refractivity contribution in [2.45, 2.75) is 19.0 Å². The third kappa shape index (κ3) is 6.43. The highest BCUT2D eigenvalue weighted by atomic mass is 19.4. The Hall–Kier alpha value is -5.21. The normalized spacial score (nSPS) is 13.0. The summed E-state index contributed by atoms with van der Waals surface area (Å²) in [6, 6.07) is 7.78. The molecule has 0 aliphatic heterocycles. The lowest BCUT2D eigenvalue weighted by molar-refractivity contribution is -0.137. The van der Waals surface area contributed by atoms with E-state index in [-0.39, 0.29) is 58.0 Å². The van der Waals surface area contributed by atoms with Gasteiger partial charge in [-0.1, -0.05) is 5.10 Å². The van der Waals surface area contributed by atoms with E-state index in [9.17, 15) is 27.2 Å². The highest BCUT2D eigenvalue weighted by molar-refractivity contribution is 6.00. The van der Waals surface area contributed by atoms with Crippen LogP contribution in [0.2, 0.25) is 0 Å². The van der Waals surface area contributed by atoms with Gasteiger partial charge in [-0.2, -0.15) is 13.2 Å². The molecule has 0 unspecified atom stereocenters. The van der Waals surface area contributed by atoms with Crippen LogP contribution >= 0.6 is 0 Å². The second kappa shape index (κ2) is 10.5. The number of ether oxygens (including phenoxy) is 1. The third-order valence-electron chi connectivity index (χ3n) is 5.55. The van der Waals surface area contributed by atoms with Gasteiger partial charge >= 0.3 is 18.2 Å². The number of nitrogens with one attached hydrogen (secondary N) is 3. The van der Waals surface area contributed by atoms with Crippen molar-refractivity contribution in [3.05, 3.63) is 66.1 Å². The van der Waals surface area contributed by atoms with Gasteiger partial charge in [0, 0.05) is 41.2 Å². The van der Waals surface area contributed by atoms with E-state index in [0.29, 0.717) is 6.07 Å². The second-order valence-corrected chi connectivity index (χ2v) is 8.71. The Bertz CT molecular complexity index is 1590. The van der Waals surface area contributed by atoms with E-state index in [0.717, 1.165) is 25.0 Å². The van der Waals surface area contributed by atoms with Gasteiger partial charge < -0.3 is 30.8 Å². The number of amides is 3. The summed E-state index contributed by atoms with van der Waals surface area (Å²) in [5.41, 5.74) is 3.87. The fourth-order valence-corrected chi connectivity index (χ4v) is 3.54. The van der Waals surface area contributed by atoms with Crippen LogP contribution in [0.15, 0.2) is 59.1 Å². The van der Waals surface area contributed by atoms with Crippen molar-refractivity contribution in [3.8, 4) is 23.0 Å². The van der Waals surface area contributed by atoms with Crippen molar-refractivity contribution in [1.82, 2.24) is 15.2 Å². The number of benzene rings is 2. The number of halogens is 4. The van der Waals surface area contributed by atoms with Gasteiger partial charge in [0.1, 0.15) is 11.6 Å². The Morgan fingerprint density at radius 2 is 1.75 bits per heavy atom. The van der Waals surface area contributed by atoms with Gasteiger partial charge in [0.05, 0.1) is 5.56 Å². The number of hydrogen-bond donors (Lipinski definition) is 4. The first kappa shape index (κ1) is 26.4. The van der Waals surface area contributed by atoms with Crippen molar-refractivity contribution in [3.63, 3.8) is 0 Å². The Labute approximate surface area is 222 Å². The predicted octanol–water partition coefficient (Wildman–Crippen LogP) is 5.66. The topological polar surface area (TPSA) is 157 Å². The maximum Gasteiger partial charge on any atom is 0.416 e. The summed E-state index contributed by atoms with van der Waals surface area (Å²) in [6.45, 7) is 0. The van der Waals surface area contributed by atoms with E-state index in [2.05, 4.69) is 31.1 Å². The number of hydrogen-bond acceptors (Lipinski definition) is 8. The number of nitrogens with zero attached hydrogens (tertiary/aromatic N) is 3. The molecule has 1 aliphatic rings. The first-order valence-corrected chi connectivity index (χ1v) is 11.7. The molecule has 0 bridgehead atoms. The summed E-state index contributed by atoms with van der Waals surface area (Å²) < 4.78 is 65.5. The number of carbonyl (C=O) groups excluding carboxylic acids is 2. The minimum atomic E-state index is -4.74. The molecule has 3 amide bonds. The predicted molar refractivity (Wildman–Crippen MR) is 134 cm³/mol. The molecule has 2 aromatic heterocycles. The van der Waals surface area contributed by atoms with Gasteiger partial charge in [-0.05, 0) is 49.2 Å². The summed E-state index contributed by atoms with van der Waals surface area (Å²) in [7, 11) is 0. The fourth-order valence-electron chi connectivity index (χ4n) is 3.54. The molecule has 5 rings (SSSR count). The zero-order valence-electron chi connectivity index (χ0n) is 20.3. The third-order valence-corrected chi connectivity index (χ3v) is 5.55. The number of anilines is 4. The number of nitrogen functional groups attached to an aromatic ring is 1. The Morgan fingerprint density at radius 1 is 0.975 bits per heavy atom. The molecule has 4 aromatic rings. The van der Waals surface area contributed by atoms with Crippen LogP contribution < -0.4 is 26.4 Å². The molecule has 15 heteroatoms. The summed E-state index contributed by atoms with van der Waals surface area (Å²) in [6.07, 6.45) is -1.71. The molecule has 11 nitrogen and oxygen atoms in total. The zero-order chi connectivity index (χ0) is 28.4. The van der Waals surface area contributed by atoms with Crippen molar-refractivity contribution in [1.29, 1.82) is 0 Å². The molecular formula is C25H19F4N7O4. The van der Waals surface area contributed by atoms with E-state index in [1.807, 2.05) is 0 Å². The number of carbonyl (C=O) groups is 2. The monoisotopic (exact) mass is 557 g/mol. The highest BCUT2D eigenvalue weighted by Crippen LogP contribution is 2.35. The molecule has 0 spiro atoms. The minimum Gasteiger partial charge on any atom is -0.454 e. The lowest BCUT2D eigenvalue weighted by atomic mass is 10.1. The van der Waals surface area contributed by atoms with E-state index in [4.69, 9.17) is 14.9 Å². The van der Waals surface area contributed by atoms with Gasteiger partial charge in [-0.15, -0.1) is 5.10 Å². The molecule has 1 aliphatic carbocycles. The van der Waals surface area contributed by atoms with Crippen molar-refractivity contribution in [2.24, 2.45) is 5.92 Å². The molecule has 2 aromatic carbocycles. The molecule has 40 heavy (non-hydrogen) atoms. The number of alkyl halides is 3. The minimum absolute atomic E-state index is 0.00802. The molecule has 1 fully saturated rings. The maximum atomic E-state index is 14.7. The molecule has 2 heterocycles. The van der Waals surface area contributed by atoms with Gasteiger partial charge in [-0.25, -0.2) is 14.2 Å². The standard InChI is InChI=1S/C25H19F4N7O4/c26-18-10-15(3-4-19(18)39-17-5-6-31-20(11-17)34-21(37)12-1-2-12)32-24(38)33-16-8-13(22-35-36-23(30)40-22)7-14(9-16)25(27,28)29/h3-12H,1-2H2,(H2,30,36)(H,31,34,37)(H2,32,33,38). The number of pyridine rings is 1. The average Bonchev–Trinajstić information content (AvgIpc) is 3.65. The summed E-state index contributed by atoms with van der Waals surface area (Å²) in [5.74, 6) is -1.01. The number of aromatic nitrogens is 3. The second-order valence-electron chi connectivity index (χ2n) is 8.71. The number of urea groups is 1. The largest absolute Gasteiger partial charge is 0.454 e. The molecular weight excluding hydrogens is 538 g/mol. The summed E-state index contributed by atoms with van der Waals surface area (Å²) in [4.78, 5) is 28.5. The first-order valence-electron chi connectivity index (χ1n) is 11.7. The zero-order valence-corrected chi connectivity index (χ0v) is 20.3. The Balaban J connectivity index is 1.26. The highest BCUT2D eigenvalue weighted by Gasteiger charge is 2.32.